The van der Waals surface area contributed by atoms with Crippen molar-refractivity contribution in [3.05, 3.63) is 111 Å². The van der Waals surface area contributed by atoms with Gasteiger partial charge in [0.15, 0.2) is 0 Å². The van der Waals surface area contributed by atoms with Gasteiger partial charge in [0, 0.05) is 9.50 Å². The van der Waals surface area contributed by atoms with Crippen LogP contribution in [0.3, 0.4) is 0 Å². The van der Waals surface area contributed by atoms with Gasteiger partial charge in [-0.25, -0.2) is 12.8 Å². The number of rotatable bonds is 7. The second kappa shape index (κ2) is 10.9. The van der Waals surface area contributed by atoms with Crippen molar-refractivity contribution in [1.82, 2.24) is 0 Å². The van der Waals surface area contributed by atoms with Crippen LogP contribution in [0.15, 0.2) is 94.3 Å². The summed E-state index contributed by atoms with van der Waals surface area (Å²) in [5.41, 5.74) is -0.231. The Hall–Kier alpha value is -3.11. The van der Waals surface area contributed by atoms with Crippen molar-refractivity contribution in [2.24, 2.45) is 0 Å². The lowest BCUT2D eigenvalue weighted by Gasteiger charge is -2.14. The number of amides is 1. The van der Waals surface area contributed by atoms with Crippen molar-refractivity contribution in [2.45, 2.75) is 4.90 Å². The Bertz CT molecular complexity index is 1530. The Kier molecular flexibility index (Phi) is 7.85. The van der Waals surface area contributed by atoms with E-state index in [1.54, 1.807) is 30.3 Å². The van der Waals surface area contributed by atoms with E-state index in [9.17, 15) is 17.6 Å². The van der Waals surface area contributed by atoms with Gasteiger partial charge < -0.3 is 10.1 Å². The maximum Gasteiger partial charge on any atom is 0.261 e. The van der Waals surface area contributed by atoms with Gasteiger partial charge in [-0.05, 0) is 82.7 Å². The minimum atomic E-state index is -4.11. The quantitative estimate of drug-likeness (QED) is 0.224. The first kappa shape index (κ1) is 26.0. The highest BCUT2D eigenvalue weighted by atomic mass is 79.9. The Morgan fingerprint density at radius 2 is 1.64 bits per heavy atom. The lowest BCUT2D eigenvalue weighted by atomic mass is 10.1. The number of halogens is 4. The smallest absolute Gasteiger partial charge is 0.261 e. The Balaban J connectivity index is 1.57. The molecule has 0 saturated heterocycles. The zero-order valence-corrected chi connectivity index (χ0v) is 22.1. The molecule has 2 N–H and O–H groups in total. The molecule has 0 atom stereocenters. The Labute approximate surface area is 225 Å². The Morgan fingerprint density at radius 3 is 2.33 bits per heavy atom. The summed E-state index contributed by atoms with van der Waals surface area (Å²) in [5.74, 6) is -0.624. The molecule has 36 heavy (non-hydrogen) atoms. The van der Waals surface area contributed by atoms with Crippen molar-refractivity contribution in [1.29, 1.82) is 0 Å². The van der Waals surface area contributed by atoms with E-state index in [0.29, 0.717) is 21.0 Å². The van der Waals surface area contributed by atoms with Gasteiger partial charge in [0.1, 0.15) is 17.3 Å². The third-order valence-electron chi connectivity index (χ3n) is 4.87. The SMILES string of the molecule is O=C(Nc1c(F)cccc1Br)c1cc(Cl)ccc1NS(=O)(=O)c1ccc(Oc2ccccc2Cl)cc1. The topological polar surface area (TPSA) is 84.5 Å². The average Bonchev–Trinajstić information content (AvgIpc) is 2.84. The molecule has 4 aromatic carbocycles. The van der Waals surface area contributed by atoms with E-state index in [0.717, 1.165) is 0 Å². The van der Waals surface area contributed by atoms with Crippen molar-refractivity contribution in [3.8, 4) is 11.5 Å². The molecule has 0 aromatic heterocycles. The van der Waals surface area contributed by atoms with Crippen LogP contribution in [0.2, 0.25) is 10.0 Å². The first-order valence-corrected chi connectivity index (χ1v) is 13.3. The highest BCUT2D eigenvalue weighted by Crippen LogP contribution is 2.31. The fourth-order valence-corrected chi connectivity index (χ4v) is 5.00. The lowest BCUT2D eigenvalue weighted by Crippen LogP contribution is -2.19. The number of nitrogens with one attached hydrogen (secondary N) is 2. The summed E-state index contributed by atoms with van der Waals surface area (Å²) in [4.78, 5) is 12.9. The number of para-hydroxylation sites is 2. The summed E-state index contributed by atoms with van der Waals surface area (Å²) in [6, 6.07) is 20.8. The van der Waals surface area contributed by atoms with E-state index >= 15 is 0 Å². The zero-order valence-electron chi connectivity index (χ0n) is 18.1. The fraction of sp³-hybridized carbons (Fsp3) is 0. The second-order valence-electron chi connectivity index (χ2n) is 7.35. The molecule has 11 heteroatoms. The predicted octanol–water partition coefficient (Wildman–Crippen LogP) is 7.74. The summed E-state index contributed by atoms with van der Waals surface area (Å²) in [5, 5.41) is 3.04. The van der Waals surface area contributed by atoms with E-state index in [1.165, 1.54) is 54.6 Å². The van der Waals surface area contributed by atoms with E-state index in [4.69, 9.17) is 27.9 Å². The van der Waals surface area contributed by atoms with E-state index in [1.807, 2.05) is 0 Å². The average molecular weight is 610 g/mol. The summed E-state index contributed by atoms with van der Waals surface area (Å²) >= 11 is 15.3. The number of benzene rings is 4. The Morgan fingerprint density at radius 1 is 0.917 bits per heavy atom. The second-order valence-corrected chi connectivity index (χ2v) is 10.7. The monoisotopic (exact) mass is 608 g/mol. The van der Waals surface area contributed by atoms with Gasteiger partial charge >= 0.3 is 0 Å². The van der Waals surface area contributed by atoms with Crippen LogP contribution in [0.1, 0.15) is 10.4 Å². The molecule has 4 rings (SSSR count). The van der Waals surface area contributed by atoms with Crippen LogP contribution in [0.4, 0.5) is 15.8 Å². The van der Waals surface area contributed by atoms with Crippen LogP contribution in [-0.2, 0) is 10.0 Å². The van der Waals surface area contributed by atoms with Crippen LogP contribution in [0.5, 0.6) is 11.5 Å². The molecule has 0 aliphatic carbocycles. The van der Waals surface area contributed by atoms with E-state index < -0.39 is 21.7 Å². The molecule has 0 aliphatic heterocycles. The van der Waals surface area contributed by atoms with Gasteiger partial charge in [-0.3, -0.25) is 9.52 Å². The molecule has 6 nitrogen and oxygen atoms in total. The molecule has 0 radical (unpaired) electrons. The number of sulfonamides is 1. The molecule has 0 aliphatic rings. The van der Waals surface area contributed by atoms with Crippen LogP contribution in [-0.4, -0.2) is 14.3 Å². The molecule has 0 fully saturated rings. The molecule has 0 spiro atoms. The van der Waals surface area contributed by atoms with Crippen molar-refractivity contribution in [3.63, 3.8) is 0 Å². The van der Waals surface area contributed by atoms with E-state index in [-0.39, 0.29) is 26.9 Å². The molecule has 1 amide bonds. The summed E-state index contributed by atoms with van der Waals surface area (Å²) in [7, 11) is -4.11. The molecular weight excluding hydrogens is 594 g/mol. The number of ether oxygens (including phenoxy) is 1. The van der Waals surface area contributed by atoms with Crippen molar-refractivity contribution < 1.29 is 22.3 Å². The predicted molar refractivity (Wildman–Crippen MR) is 142 cm³/mol. The molecule has 0 saturated carbocycles. The maximum atomic E-state index is 14.2. The minimum absolute atomic E-state index is 0.0410. The summed E-state index contributed by atoms with van der Waals surface area (Å²) in [6.07, 6.45) is 0. The van der Waals surface area contributed by atoms with Crippen LogP contribution < -0.4 is 14.8 Å². The molecule has 0 bridgehead atoms. The van der Waals surface area contributed by atoms with Gasteiger partial charge in [-0.15, -0.1) is 0 Å². The maximum absolute atomic E-state index is 14.2. The fourth-order valence-electron chi connectivity index (χ4n) is 3.14. The number of hydrogen-bond acceptors (Lipinski definition) is 4. The van der Waals surface area contributed by atoms with Gasteiger partial charge in [0.25, 0.3) is 15.9 Å². The minimum Gasteiger partial charge on any atom is -0.456 e. The highest BCUT2D eigenvalue weighted by molar-refractivity contribution is 9.10. The number of carbonyl (C=O) groups is 1. The highest BCUT2D eigenvalue weighted by Gasteiger charge is 2.21. The van der Waals surface area contributed by atoms with Gasteiger partial charge in [0.2, 0.25) is 0 Å². The van der Waals surface area contributed by atoms with Crippen LogP contribution in [0, 0.1) is 5.82 Å². The van der Waals surface area contributed by atoms with Gasteiger partial charge in [-0.1, -0.05) is 41.4 Å². The van der Waals surface area contributed by atoms with E-state index in [2.05, 4.69) is 26.0 Å². The van der Waals surface area contributed by atoms with Crippen molar-refractivity contribution in [2.75, 3.05) is 10.0 Å². The molecule has 184 valence electrons. The first-order valence-electron chi connectivity index (χ1n) is 10.2. The molecule has 0 unspecified atom stereocenters. The largest absolute Gasteiger partial charge is 0.456 e. The third kappa shape index (κ3) is 5.99. The third-order valence-corrected chi connectivity index (χ3v) is 7.46. The van der Waals surface area contributed by atoms with Gasteiger partial charge in [0.05, 0.1) is 26.9 Å². The number of anilines is 2. The van der Waals surface area contributed by atoms with Crippen LogP contribution in [0.25, 0.3) is 0 Å². The number of hydrogen-bond donors (Lipinski definition) is 2. The summed E-state index contributed by atoms with van der Waals surface area (Å²) in [6.45, 7) is 0. The summed E-state index contributed by atoms with van der Waals surface area (Å²) < 4.78 is 48.7. The molecule has 4 aromatic rings. The van der Waals surface area contributed by atoms with Crippen molar-refractivity contribution >= 4 is 66.4 Å². The lowest BCUT2D eigenvalue weighted by molar-refractivity contribution is 0.102. The first-order chi connectivity index (χ1) is 17.1. The number of carbonyl (C=O) groups excluding carboxylic acids is 1. The molecular formula is C25H16BrCl2FN2O4S. The standard InChI is InChI=1S/C25H16BrCl2FN2O4S/c26-19-4-3-6-21(29)24(19)30-25(32)18-14-15(27)8-13-22(18)31-36(33,34)17-11-9-16(10-12-17)35-23-7-2-1-5-20(23)28/h1-14,31H,(H,30,32). The normalized spacial score (nSPS) is 11.1. The zero-order chi connectivity index (χ0) is 25.9. The van der Waals surface area contributed by atoms with Gasteiger partial charge in [-0.2, -0.15) is 0 Å². The molecule has 0 heterocycles. The van der Waals surface area contributed by atoms with Crippen LogP contribution >= 0.6 is 39.1 Å².